The summed E-state index contributed by atoms with van der Waals surface area (Å²) in [5.74, 6) is -0.190. The molecule has 0 saturated carbocycles. The Kier molecular flexibility index (Phi) is 4.04. The van der Waals surface area contributed by atoms with Crippen LogP contribution in [-0.4, -0.2) is 45.3 Å². The molecular weight excluding hydrogens is 156 g/mol. The van der Waals surface area contributed by atoms with Gasteiger partial charge in [-0.05, 0) is 0 Å². The maximum absolute atomic E-state index is 10.4. The van der Waals surface area contributed by atoms with E-state index in [2.05, 4.69) is 10.2 Å². The summed E-state index contributed by atoms with van der Waals surface area (Å²) in [5, 5.41) is 3.26. The molecule has 1 heterocycles. The molecule has 0 aromatic rings. The normalized spacial score (nSPS) is 19.1. The molecule has 69 valence electrons. The molecule has 1 radical (unpaired) electrons. The maximum atomic E-state index is 10.4. The van der Waals surface area contributed by atoms with Crippen molar-refractivity contribution in [2.75, 3.05) is 39.3 Å². The van der Waals surface area contributed by atoms with Crippen molar-refractivity contribution in [1.82, 2.24) is 10.2 Å². The van der Waals surface area contributed by atoms with Crippen LogP contribution in [0.3, 0.4) is 0 Å². The van der Waals surface area contributed by atoms with E-state index in [-0.39, 0.29) is 5.97 Å². The Morgan fingerprint density at radius 2 is 2.17 bits per heavy atom. The van der Waals surface area contributed by atoms with Crippen molar-refractivity contribution in [3.05, 3.63) is 0 Å². The minimum absolute atomic E-state index is 0.190. The molecule has 0 aliphatic carbocycles. The highest BCUT2D eigenvalue weighted by Gasteiger charge is 2.17. The van der Waals surface area contributed by atoms with Crippen molar-refractivity contribution in [3.63, 3.8) is 0 Å². The Hall–Kier alpha value is -0.610. The molecule has 0 aromatic heterocycles. The molecule has 1 aliphatic rings. The van der Waals surface area contributed by atoms with Crippen molar-refractivity contribution < 1.29 is 9.53 Å². The van der Waals surface area contributed by atoms with Crippen molar-refractivity contribution >= 4 is 5.97 Å². The molecule has 0 bridgehead atoms. The standard InChI is InChI=1S/C8H16N2O2/c1-8(11)12-7-6-10-4-2-9-3-5-10/h9H,2-7H2,1H3/q+1. The summed E-state index contributed by atoms with van der Waals surface area (Å²) in [4.78, 5) is 12.7. The number of esters is 1. The molecule has 0 amide bonds. The highest BCUT2D eigenvalue weighted by atomic mass is 16.5. The first-order chi connectivity index (χ1) is 5.79. The van der Waals surface area contributed by atoms with Gasteiger partial charge in [-0.15, -0.1) is 0 Å². The lowest BCUT2D eigenvalue weighted by Gasteiger charge is -2.17. The Balaban J connectivity index is 2.01. The summed E-state index contributed by atoms with van der Waals surface area (Å²) in [6, 6.07) is 0. The van der Waals surface area contributed by atoms with Gasteiger partial charge >= 0.3 is 5.97 Å². The average molecular weight is 172 g/mol. The van der Waals surface area contributed by atoms with Gasteiger partial charge in [0, 0.05) is 20.0 Å². The van der Waals surface area contributed by atoms with Crippen LogP contribution >= 0.6 is 0 Å². The number of hydrogen-bond acceptors (Lipinski definition) is 4. The average Bonchev–Trinajstić information content (AvgIpc) is 2.05. The summed E-state index contributed by atoms with van der Waals surface area (Å²) < 4.78 is 4.84. The number of carbonyl (C=O) groups is 1. The van der Waals surface area contributed by atoms with Gasteiger partial charge in [0.15, 0.2) is 6.54 Å². The molecule has 1 saturated heterocycles. The second-order valence-electron chi connectivity index (χ2n) is 2.93. The molecule has 12 heavy (non-hydrogen) atoms. The van der Waals surface area contributed by atoms with E-state index in [1.165, 1.54) is 6.92 Å². The molecule has 0 aromatic carbocycles. The van der Waals surface area contributed by atoms with E-state index >= 15 is 0 Å². The van der Waals surface area contributed by atoms with Gasteiger partial charge in [0.1, 0.15) is 19.7 Å². The molecule has 1 rings (SSSR count). The first kappa shape index (κ1) is 9.48. The van der Waals surface area contributed by atoms with Crippen LogP contribution < -0.4 is 10.2 Å². The molecule has 0 atom stereocenters. The number of carbonyl (C=O) groups excluding carboxylic acids is 1. The molecule has 0 unspecified atom stereocenters. The second kappa shape index (κ2) is 5.11. The van der Waals surface area contributed by atoms with Gasteiger partial charge in [-0.2, -0.15) is 4.90 Å². The monoisotopic (exact) mass is 172 g/mol. The van der Waals surface area contributed by atoms with E-state index < -0.39 is 0 Å². The summed E-state index contributed by atoms with van der Waals surface area (Å²) in [5.41, 5.74) is 0. The Labute approximate surface area is 72.9 Å². The minimum atomic E-state index is -0.190. The van der Waals surface area contributed by atoms with Gasteiger partial charge in [-0.3, -0.25) is 4.79 Å². The van der Waals surface area contributed by atoms with Crippen LogP contribution in [0.15, 0.2) is 0 Å². The first-order valence-corrected chi connectivity index (χ1v) is 4.35. The fourth-order valence-electron chi connectivity index (χ4n) is 1.25. The summed E-state index contributed by atoms with van der Waals surface area (Å²) in [6.07, 6.45) is 0. The highest BCUT2D eigenvalue weighted by Crippen LogP contribution is 1.87. The molecule has 4 heteroatoms. The Morgan fingerprint density at radius 1 is 1.50 bits per heavy atom. The fraction of sp³-hybridized carbons (Fsp3) is 0.875. The number of rotatable bonds is 3. The smallest absolute Gasteiger partial charge is 0.302 e. The number of piperazine rings is 1. The van der Waals surface area contributed by atoms with E-state index in [9.17, 15) is 4.79 Å². The van der Waals surface area contributed by atoms with E-state index in [0.717, 1.165) is 32.7 Å². The third-order valence-electron chi connectivity index (χ3n) is 1.92. The fourth-order valence-corrected chi connectivity index (χ4v) is 1.25. The van der Waals surface area contributed by atoms with Crippen LogP contribution in [0.2, 0.25) is 0 Å². The van der Waals surface area contributed by atoms with E-state index in [4.69, 9.17) is 4.74 Å². The largest absolute Gasteiger partial charge is 0.460 e. The molecular formula is C8H16N2O2+. The highest BCUT2D eigenvalue weighted by molar-refractivity contribution is 5.65. The molecule has 1 fully saturated rings. The Morgan fingerprint density at radius 3 is 2.75 bits per heavy atom. The van der Waals surface area contributed by atoms with Crippen LogP contribution in [0, 0.1) is 0 Å². The van der Waals surface area contributed by atoms with Gasteiger partial charge in [-0.25, -0.2) is 0 Å². The summed E-state index contributed by atoms with van der Waals surface area (Å²) >= 11 is 0. The molecule has 1 aliphatic heterocycles. The van der Waals surface area contributed by atoms with Crippen molar-refractivity contribution in [2.24, 2.45) is 0 Å². The second-order valence-corrected chi connectivity index (χ2v) is 2.93. The molecule has 0 spiro atoms. The van der Waals surface area contributed by atoms with Crippen LogP contribution in [0.25, 0.3) is 0 Å². The van der Waals surface area contributed by atoms with Gasteiger partial charge in [0.05, 0.1) is 0 Å². The predicted molar refractivity (Wildman–Crippen MR) is 46.2 cm³/mol. The lowest BCUT2D eigenvalue weighted by Crippen LogP contribution is -2.48. The number of nitrogens with zero attached hydrogens (tertiary/aromatic N) is 1. The SMILES string of the molecule is CC(=O)OCC[N+]1CCNCC1. The predicted octanol–water partition coefficient (Wildman–Crippen LogP) is -0.707. The minimum Gasteiger partial charge on any atom is -0.460 e. The first-order valence-electron chi connectivity index (χ1n) is 4.35. The topological polar surface area (TPSA) is 44.2 Å². The van der Waals surface area contributed by atoms with Crippen molar-refractivity contribution in [2.45, 2.75) is 6.92 Å². The zero-order valence-corrected chi connectivity index (χ0v) is 7.51. The van der Waals surface area contributed by atoms with Gasteiger partial charge in [-0.1, -0.05) is 0 Å². The zero-order valence-electron chi connectivity index (χ0n) is 7.51. The van der Waals surface area contributed by atoms with Gasteiger partial charge in [0.25, 0.3) is 0 Å². The van der Waals surface area contributed by atoms with E-state index in [1.807, 2.05) is 0 Å². The molecule has 4 nitrogen and oxygen atoms in total. The summed E-state index contributed by atoms with van der Waals surface area (Å²) in [7, 11) is 0. The van der Waals surface area contributed by atoms with Crippen LogP contribution in [-0.2, 0) is 9.53 Å². The van der Waals surface area contributed by atoms with Crippen LogP contribution in [0.1, 0.15) is 6.92 Å². The van der Waals surface area contributed by atoms with E-state index in [1.54, 1.807) is 0 Å². The third kappa shape index (κ3) is 3.69. The number of nitrogens with one attached hydrogen (secondary N) is 1. The third-order valence-corrected chi connectivity index (χ3v) is 1.92. The Bertz CT molecular complexity index is 144. The van der Waals surface area contributed by atoms with Crippen LogP contribution in [0.5, 0.6) is 0 Å². The van der Waals surface area contributed by atoms with E-state index in [0.29, 0.717) is 6.61 Å². The lowest BCUT2D eigenvalue weighted by molar-refractivity contribution is -0.141. The number of hydrogen-bond donors (Lipinski definition) is 1. The molecule has 1 N–H and O–H groups in total. The van der Waals surface area contributed by atoms with Crippen molar-refractivity contribution in [3.8, 4) is 0 Å². The van der Waals surface area contributed by atoms with Crippen molar-refractivity contribution in [1.29, 1.82) is 0 Å². The van der Waals surface area contributed by atoms with Crippen LogP contribution in [0.4, 0.5) is 0 Å². The lowest BCUT2D eigenvalue weighted by atomic mass is 10.4. The van der Waals surface area contributed by atoms with Gasteiger partial charge < -0.3 is 10.1 Å². The quantitative estimate of drug-likeness (QED) is 0.452. The zero-order chi connectivity index (χ0) is 8.81. The summed E-state index contributed by atoms with van der Waals surface area (Å²) in [6.45, 7) is 7.02. The maximum Gasteiger partial charge on any atom is 0.302 e. The number of ether oxygens (including phenoxy) is 1. The van der Waals surface area contributed by atoms with Gasteiger partial charge in [0.2, 0.25) is 0 Å².